The molecule has 68 valence electrons. The second kappa shape index (κ2) is 4.87. The largest absolute Gasteiger partial charge is 0.288 e. The summed E-state index contributed by atoms with van der Waals surface area (Å²) < 4.78 is 0. The number of carbonyl (C=O) groups excluding carboxylic acids is 1. The predicted molar refractivity (Wildman–Crippen MR) is 58.5 cm³/mol. The molecule has 0 unspecified atom stereocenters. The van der Waals surface area contributed by atoms with Gasteiger partial charge in [-0.15, -0.1) is 0 Å². The van der Waals surface area contributed by atoms with Crippen LogP contribution in [0.15, 0.2) is 30.8 Å². The van der Waals surface area contributed by atoms with Crippen LogP contribution in [-0.2, 0) is 10.5 Å². The number of thioether (sulfide) groups is 1. The molecular formula is C11H12OS. The molecule has 1 nitrogen and oxygen atoms in total. The summed E-state index contributed by atoms with van der Waals surface area (Å²) in [5.74, 6) is 0.757. The maximum atomic E-state index is 10.7. The Balaban J connectivity index is 2.59. The average Bonchev–Trinajstić information content (AvgIpc) is 2.15. The molecule has 0 amide bonds. The van der Waals surface area contributed by atoms with Crippen LogP contribution < -0.4 is 0 Å². The lowest BCUT2D eigenvalue weighted by Gasteiger charge is -1.98. The van der Waals surface area contributed by atoms with Crippen molar-refractivity contribution in [3.8, 4) is 0 Å². The zero-order valence-corrected chi connectivity index (χ0v) is 8.43. The van der Waals surface area contributed by atoms with Crippen LogP contribution in [0.25, 0.3) is 6.08 Å². The van der Waals surface area contributed by atoms with Crippen molar-refractivity contribution in [1.82, 2.24) is 0 Å². The third-order valence-corrected chi connectivity index (χ3v) is 2.54. The Morgan fingerprint density at radius 3 is 2.54 bits per heavy atom. The Morgan fingerprint density at radius 2 is 2.08 bits per heavy atom. The van der Waals surface area contributed by atoms with Gasteiger partial charge in [0.25, 0.3) is 0 Å². The second-order valence-electron chi connectivity index (χ2n) is 2.73. The number of hydrogen-bond donors (Lipinski definition) is 0. The lowest BCUT2D eigenvalue weighted by atomic mass is 10.1. The molecule has 2 heteroatoms. The lowest BCUT2D eigenvalue weighted by molar-refractivity contribution is -0.109. The van der Waals surface area contributed by atoms with Crippen molar-refractivity contribution >= 4 is 23.0 Å². The topological polar surface area (TPSA) is 17.1 Å². The summed E-state index contributed by atoms with van der Waals surface area (Å²) in [4.78, 5) is 10.7. The maximum absolute atomic E-state index is 10.7. The molecule has 0 bridgehead atoms. The fourth-order valence-electron chi connectivity index (χ4n) is 0.935. The first kappa shape index (κ1) is 10.1. The van der Waals surface area contributed by atoms with Gasteiger partial charge in [-0.25, -0.2) is 0 Å². The van der Waals surface area contributed by atoms with E-state index in [1.807, 2.05) is 30.3 Å². The average molecular weight is 192 g/mol. The molecule has 1 aromatic rings. The number of rotatable bonds is 3. The Labute approximate surface area is 82.9 Å². The highest BCUT2D eigenvalue weighted by Crippen LogP contribution is 2.13. The van der Waals surface area contributed by atoms with E-state index in [9.17, 15) is 4.79 Å². The molecule has 0 aromatic heterocycles. The van der Waals surface area contributed by atoms with Gasteiger partial charge < -0.3 is 0 Å². The van der Waals surface area contributed by atoms with E-state index < -0.39 is 0 Å². The minimum absolute atomic E-state index is 0.160. The molecule has 0 fully saturated rings. The Hall–Kier alpha value is -1.02. The van der Waals surface area contributed by atoms with Crippen molar-refractivity contribution in [3.05, 3.63) is 42.0 Å². The molecular weight excluding hydrogens is 180 g/mol. The lowest BCUT2D eigenvalue weighted by Crippen LogP contribution is -1.85. The van der Waals surface area contributed by atoms with E-state index in [4.69, 9.17) is 0 Å². The van der Waals surface area contributed by atoms with Crippen molar-refractivity contribution in [2.75, 3.05) is 0 Å². The fraction of sp³-hybridized carbons (Fsp3) is 0.182. The normalized spacial score (nSPS) is 9.62. The quantitative estimate of drug-likeness (QED) is 0.732. The molecule has 0 atom stereocenters. The molecule has 0 heterocycles. The Kier molecular flexibility index (Phi) is 3.77. The molecule has 13 heavy (non-hydrogen) atoms. The summed E-state index contributed by atoms with van der Waals surface area (Å²) in [7, 11) is 0. The van der Waals surface area contributed by atoms with Gasteiger partial charge in [0.1, 0.15) is 0 Å². The van der Waals surface area contributed by atoms with Gasteiger partial charge in [0.15, 0.2) is 5.12 Å². The summed E-state index contributed by atoms with van der Waals surface area (Å²) in [6.07, 6.45) is 1.81. The SMILES string of the molecule is C=Cc1ccc(CSC(C)=O)cc1. The molecule has 0 N–H and O–H groups in total. The standard InChI is InChI=1S/C11H12OS/c1-3-10-4-6-11(7-5-10)8-13-9(2)12/h3-7H,1,8H2,2H3. The van der Waals surface area contributed by atoms with Crippen LogP contribution in [0.3, 0.4) is 0 Å². The minimum Gasteiger partial charge on any atom is -0.288 e. The molecule has 0 radical (unpaired) electrons. The predicted octanol–water partition coefficient (Wildman–Crippen LogP) is 3.11. The monoisotopic (exact) mass is 192 g/mol. The van der Waals surface area contributed by atoms with Gasteiger partial charge in [-0.1, -0.05) is 48.7 Å². The number of hydrogen-bond acceptors (Lipinski definition) is 2. The first-order valence-electron chi connectivity index (χ1n) is 4.07. The van der Waals surface area contributed by atoms with Gasteiger partial charge in [-0.2, -0.15) is 0 Å². The van der Waals surface area contributed by atoms with Crippen LogP contribution in [0, 0.1) is 0 Å². The van der Waals surface area contributed by atoms with E-state index in [-0.39, 0.29) is 5.12 Å². The van der Waals surface area contributed by atoms with Gasteiger partial charge >= 0.3 is 0 Å². The van der Waals surface area contributed by atoms with Crippen LogP contribution in [0.2, 0.25) is 0 Å². The number of carbonyl (C=O) groups is 1. The fourth-order valence-corrected chi connectivity index (χ4v) is 1.50. The molecule has 0 aliphatic rings. The first-order valence-corrected chi connectivity index (χ1v) is 5.05. The Morgan fingerprint density at radius 1 is 1.46 bits per heavy atom. The van der Waals surface area contributed by atoms with E-state index in [2.05, 4.69) is 6.58 Å². The molecule has 0 saturated heterocycles. The zero-order chi connectivity index (χ0) is 9.68. The number of benzene rings is 1. The molecule has 1 aromatic carbocycles. The smallest absolute Gasteiger partial charge is 0.186 e. The summed E-state index contributed by atoms with van der Waals surface area (Å²) in [5.41, 5.74) is 2.28. The highest BCUT2D eigenvalue weighted by Gasteiger charge is 1.96. The highest BCUT2D eigenvalue weighted by atomic mass is 32.2. The Bertz CT molecular complexity index is 300. The van der Waals surface area contributed by atoms with Crippen molar-refractivity contribution in [3.63, 3.8) is 0 Å². The van der Waals surface area contributed by atoms with Crippen LogP contribution in [-0.4, -0.2) is 5.12 Å². The molecule has 0 aliphatic heterocycles. The summed E-state index contributed by atoms with van der Waals surface area (Å²) >= 11 is 1.33. The van der Waals surface area contributed by atoms with E-state index in [0.29, 0.717) is 0 Å². The van der Waals surface area contributed by atoms with Crippen LogP contribution in [0.1, 0.15) is 18.1 Å². The van der Waals surface area contributed by atoms with Gasteiger partial charge in [0.05, 0.1) is 0 Å². The van der Waals surface area contributed by atoms with Crippen LogP contribution in [0.4, 0.5) is 0 Å². The van der Waals surface area contributed by atoms with Gasteiger partial charge in [0, 0.05) is 12.7 Å². The van der Waals surface area contributed by atoms with E-state index >= 15 is 0 Å². The highest BCUT2D eigenvalue weighted by molar-refractivity contribution is 8.12. The van der Waals surface area contributed by atoms with E-state index in [0.717, 1.165) is 11.3 Å². The summed E-state index contributed by atoms with van der Waals surface area (Å²) in [5, 5.41) is 0.160. The van der Waals surface area contributed by atoms with E-state index in [1.165, 1.54) is 17.3 Å². The van der Waals surface area contributed by atoms with Gasteiger partial charge in [0.2, 0.25) is 0 Å². The summed E-state index contributed by atoms with van der Waals surface area (Å²) in [6, 6.07) is 8.05. The molecule has 1 rings (SSSR count). The summed E-state index contributed by atoms with van der Waals surface area (Å²) in [6.45, 7) is 5.26. The second-order valence-corrected chi connectivity index (χ2v) is 3.88. The van der Waals surface area contributed by atoms with E-state index in [1.54, 1.807) is 6.92 Å². The van der Waals surface area contributed by atoms with Gasteiger partial charge in [-0.05, 0) is 11.1 Å². The van der Waals surface area contributed by atoms with Crippen LogP contribution in [0.5, 0.6) is 0 Å². The maximum Gasteiger partial charge on any atom is 0.186 e. The zero-order valence-electron chi connectivity index (χ0n) is 7.62. The third-order valence-electron chi connectivity index (χ3n) is 1.66. The molecule has 0 spiro atoms. The minimum atomic E-state index is 0.160. The van der Waals surface area contributed by atoms with Crippen LogP contribution >= 0.6 is 11.8 Å². The van der Waals surface area contributed by atoms with Gasteiger partial charge in [-0.3, -0.25) is 4.79 Å². The molecule has 0 saturated carbocycles. The third kappa shape index (κ3) is 3.47. The van der Waals surface area contributed by atoms with Crippen molar-refractivity contribution in [2.45, 2.75) is 12.7 Å². The van der Waals surface area contributed by atoms with Crippen molar-refractivity contribution in [1.29, 1.82) is 0 Å². The molecule has 0 aliphatic carbocycles. The van der Waals surface area contributed by atoms with Crippen molar-refractivity contribution in [2.24, 2.45) is 0 Å². The first-order chi connectivity index (χ1) is 6.22. The van der Waals surface area contributed by atoms with Crippen molar-refractivity contribution < 1.29 is 4.79 Å².